The Bertz CT molecular complexity index is 479. The van der Waals surface area contributed by atoms with E-state index in [-0.39, 0.29) is 0 Å². The van der Waals surface area contributed by atoms with Crippen LogP contribution >= 0.6 is 11.3 Å². The quantitative estimate of drug-likeness (QED) is 0.683. The second kappa shape index (κ2) is 2.95. The Morgan fingerprint density at radius 3 is 3.14 bits per heavy atom. The molecule has 0 spiro atoms. The second-order valence-electron chi connectivity index (χ2n) is 2.91. The first kappa shape index (κ1) is 7.75. The minimum absolute atomic E-state index is 0.768. The molecule has 1 aromatic rings. The SMILES string of the molecule is C1=NC=C2C(=NN=C2c2nccs2)C1. The largest absolute Gasteiger partial charge is 0.268 e. The number of aliphatic imine (C=N–C) groups is 1. The van der Waals surface area contributed by atoms with Crippen LogP contribution in [-0.4, -0.2) is 22.6 Å². The Morgan fingerprint density at radius 2 is 2.29 bits per heavy atom. The van der Waals surface area contributed by atoms with E-state index >= 15 is 0 Å². The van der Waals surface area contributed by atoms with Crippen LogP contribution in [0.1, 0.15) is 11.4 Å². The molecule has 0 fully saturated rings. The van der Waals surface area contributed by atoms with Crippen molar-refractivity contribution in [3.05, 3.63) is 28.4 Å². The van der Waals surface area contributed by atoms with Gasteiger partial charge in [0.25, 0.3) is 0 Å². The predicted octanol–water partition coefficient (Wildman–Crippen LogP) is 1.66. The van der Waals surface area contributed by atoms with Crippen LogP contribution in [0.25, 0.3) is 0 Å². The Morgan fingerprint density at radius 1 is 1.29 bits per heavy atom. The molecule has 68 valence electrons. The second-order valence-corrected chi connectivity index (χ2v) is 3.81. The van der Waals surface area contributed by atoms with E-state index in [0.717, 1.165) is 28.4 Å². The van der Waals surface area contributed by atoms with Gasteiger partial charge in [-0.1, -0.05) is 0 Å². The van der Waals surface area contributed by atoms with Crippen LogP contribution in [0.5, 0.6) is 0 Å². The molecule has 0 saturated carbocycles. The molecule has 0 bridgehead atoms. The van der Waals surface area contributed by atoms with E-state index < -0.39 is 0 Å². The summed E-state index contributed by atoms with van der Waals surface area (Å²) in [6.07, 6.45) is 6.18. The third kappa shape index (κ3) is 1.06. The maximum Gasteiger partial charge on any atom is 0.144 e. The lowest BCUT2D eigenvalue weighted by Gasteiger charge is -2.03. The average Bonchev–Trinajstić information content (AvgIpc) is 2.85. The highest BCUT2D eigenvalue weighted by Gasteiger charge is 2.23. The third-order valence-corrected chi connectivity index (χ3v) is 2.85. The minimum atomic E-state index is 0.768. The molecular formula is C9H6N4S. The van der Waals surface area contributed by atoms with Gasteiger partial charge < -0.3 is 0 Å². The molecule has 14 heavy (non-hydrogen) atoms. The van der Waals surface area contributed by atoms with Gasteiger partial charge in [0.15, 0.2) is 0 Å². The number of allylic oxidation sites excluding steroid dienone is 1. The van der Waals surface area contributed by atoms with Gasteiger partial charge in [0.1, 0.15) is 10.7 Å². The van der Waals surface area contributed by atoms with Crippen molar-refractivity contribution in [2.45, 2.75) is 6.42 Å². The lowest BCUT2D eigenvalue weighted by atomic mass is 10.0. The molecule has 0 N–H and O–H groups in total. The molecule has 2 aliphatic rings. The molecule has 3 heterocycles. The van der Waals surface area contributed by atoms with Crippen molar-refractivity contribution in [1.82, 2.24) is 4.98 Å². The molecule has 2 aliphatic heterocycles. The smallest absolute Gasteiger partial charge is 0.144 e. The number of rotatable bonds is 1. The third-order valence-electron chi connectivity index (χ3n) is 2.07. The van der Waals surface area contributed by atoms with E-state index in [1.807, 2.05) is 11.6 Å². The Labute approximate surface area is 84.4 Å². The highest BCUT2D eigenvalue weighted by atomic mass is 32.1. The van der Waals surface area contributed by atoms with Gasteiger partial charge in [0.05, 0.1) is 5.71 Å². The zero-order chi connectivity index (χ0) is 9.38. The minimum Gasteiger partial charge on any atom is -0.268 e. The van der Waals surface area contributed by atoms with Gasteiger partial charge in [-0.25, -0.2) is 4.98 Å². The number of hydrogen-bond acceptors (Lipinski definition) is 5. The van der Waals surface area contributed by atoms with E-state index in [2.05, 4.69) is 20.2 Å². The van der Waals surface area contributed by atoms with Gasteiger partial charge in [0.2, 0.25) is 0 Å². The van der Waals surface area contributed by atoms with Crippen LogP contribution in [0.2, 0.25) is 0 Å². The summed E-state index contributed by atoms with van der Waals surface area (Å²) in [7, 11) is 0. The van der Waals surface area contributed by atoms with Crippen molar-refractivity contribution in [2.75, 3.05) is 0 Å². The van der Waals surface area contributed by atoms with Crippen LogP contribution in [0, 0.1) is 0 Å². The van der Waals surface area contributed by atoms with Crippen LogP contribution in [0.15, 0.2) is 38.5 Å². The summed E-state index contributed by atoms with van der Waals surface area (Å²) in [6.45, 7) is 0. The van der Waals surface area contributed by atoms with E-state index in [1.165, 1.54) is 0 Å². The average molecular weight is 202 g/mol. The summed E-state index contributed by atoms with van der Waals surface area (Å²) in [5.74, 6) is 0. The number of thiazole rings is 1. The van der Waals surface area contributed by atoms with Gasteiger partial charge in [-0.15, -0.1) is 16.4 Å². The van der Waals surface area contributed by atoms with Crippen molar-refractivity contribution in [3.8, 4) is 0 Å². The highest BCUT2D eigenvalue weighted by Crippen LogP contribution is 2.21. The fourth-order valence-corrected chi connectivity index (χ4v) is 2.04. The van der Waals surface area contributed by atoms with E-state index in [9.17, 15) is 0 Å². The van der Waals surface area contributed by atoms with Crippen molar-refractivity contribution in [1.29, 1.82) is 0 Å². The highest BCUT2D eigenvalue weighted by molar-refractivity contribution is 7.12. The molecule has 0 radical (unpaired) electrons. The lowest BCUT2D eigenvalue weighted by Crippen LogP contribution is -2.11. The van der Waals surface area contributed by atoms with Crippen LogP contribution in [0.4, 0.5) is 0 Å². The molecule has 3 rings (SSSR count). The maximum atomic E-state index is 4.21. The number of hydrogen-bond donors (Lipinski definition) is 0. The number of aromatic nitrogens is 1. The first-order valence-corrected chi connectivity index (χ1v) is 5.10. The van der Waals surface area contributed by atoms with Gasteiger partial charge >= 0.3 is 0 Å². The molecule has 0 aliphatic carbocycles. The molecule has 0 atom stereocenters. The molecule has 4 nitrogen and oxygen atoms in total. The summed E-state index contributed by atoms with van der Waals surface area (Å²) in [6, 6.07) is 0. The number of nitrogens with zero attached hydrogens (tertiary/aromatic N) is 4. The first-order valence-electron chi connectivity index (χ1n) is 4.22. The van der Waals surface area contributed by atoms with Gasteiger partial charge in [-0.3, -0.25) is 4.99 Å². The monoisotopic (exact) mass is 202 g/mol. The summed E-state index contributed by atoms with van der Waals surface area (Å²) >= 11 is 1.57. The molecule has 5 heteroatoms. The molecule has 0 amide bonds. The normalized spacial score (nSPS) is 18.7. The standard InChI is InChI=1S/C9H6N4S/c1-2-10-5-6-7(1)12-13-8(6)9-11-3-4-14-9/h2-5H,1H2. The Hall–Kier alpha value is -1.62. The fourth-order valence-electron chi connectivity index (χ4n) is 1.41. The zero-order valence-corrected chi connectivity index (χ0v) is 8.03. The van der Waals surface area contributed by atoms with Gasteiger partial charge in [-0.05, 0) is 0 Å². The predicted molar refractivity (Wildman–Crippen MR) is 57.3 cm³/mol. The first-order chi connectivity index (χ1) is 6.95. The van der Waals surface area contributed by atoms with E-state index in [1.54, 1.807) is 23.7 Å². The molecule has 0 unspecified atom stereocenters. The summed E-state index contributed by atoms with van der Waals surface area (Å²) < 4.78 is 0. The van der Waals surface area contributed by atoms with Crippen LogP contribution in [0.3, 0.4) is 0 Å². The zero-order valence-electron chi connectivity index (χ0n) is 7.21. The molecule has 0 saturated heterocycles. The molecular weight excluding hydrogens is 196 g/mol. The van der Waals surface area contributed by atoms with Crippen LogP contribution < -0.4 is 0 Å². The van der Waals surface area contributed by atoms with E-state index in [0.29, 0.717) is 0 Å². The van der Waals surface area contributed by atoms with E-state index in [4.69, 9.17) is 0 Å². The Kier molecular flexibility index (Phi) is 1.63. The Balaban J connectivity index is 2.06. The lowest BCUT2D eigenvalue weighted by molar-refractivity contribution is 1.25. The number of fused-ring (bicyclic) bond motifs is 1. The summed E-state index contributed by atoms with van der Waals surface area (Å²) in [4.78, 5) is 8.32. The van der Waals surface area contributed by atoms with Crippen molar-refractivity contribution in [2.24, 2.45) is 15.2 Å². The fraction of sp³-hybridized carbons (Fsp3) is 0.111. The molecule has 0 aromatic carbocycles. The molecule has 1 aromatic heterocycles. The van der Waals surface area contributed by atoms with Crippen molar-refractivity contribution >= 4 is 29.0 Å². The summed E-state index contributed by atoms with van der Waals surface area (Å²) in [5.41, 5.74) is 2.86. The van der Waals surface area contributed by atoms with Crippen molar-refractivity contribution in [3.63, 3.8) is 0 Å². The van der Waals surface area contributed by atoms with Crippen molar-refractivity contribution < 1.29 is 0 Å². The maximum absolute atomic E-state index is 4.21. The van der Waals surface area contributed by atoms with Crippen LogP contribution in [-0.2, 0) is 0 Å². The van der Waals surface area contributed by atoms with Gasteiger partial charge in [-0.2, -0.15) is 5.10 Å². The topological polar surface area (TPSA) is 50.0 Å². The van der Waals surface area contributed by atoms with Gasteiger partial charge in [0, 0.05) is 36.0 Å². The summed E-state index contributed by atoms with van der Waals surface area (Å²) in [5, 5.41) is 11.1.